The molecular formula is C23H32FIN6O. The Morgan fingerprint density at radius 1 is 1.25 bits per heavy atom. The number of hydrogen-bond acceptors (Lipinski definition) is 4. The number of aromatic nitrogens is 1. The molecule has 1 aromatic heterocycles. The van der Waals surface area contributed by atoms with Crippen LogP contribution in [0.2, 0.25) is 0 Å². The molecule has 9 heteroatoms. The number of guanidine groups is 1. The second-order valence-electron chi connectivity index (χ2n) is 7.47. The van der Waals surface area contributed by atoms with Crippen molar-refractivity contribution in [1.82, 2.24) is 20.5 Å². The number of pyridine rings is 1. The molecule has 1 aliphatic rings. The van der Waals surface area contributed by atoms with Crippen LogP contribution in [-0.4, -0.2) is 60.5 Å². The first-order valence-corrected chi connectivity index (χ1v) is 10.8. The molecule has 1 aromatic carbocycles. The molecule has 7 nitrogen and oxygen atoms in total. The number of likely N-dealkylation sites (N-methyl/N-ethyl adjacent to an activating group) is 1. The van der Waals surface area contributed by atoms with Crippen LogP contribution in [0.5, 0.6) is 0 Å². The largest absolute Gasteiger partial charge is 0.357 e. The van der Waals surface area contributed by atoms with Gasteiger partial charge in [0.05, 0.1) is 0 Å². The molecule has 1 aliphatic heterocycles. The van der Waals surface area contributed by atoms with E-state index >= 15 is 0 Å². The van der Waals surface area contributed by atoms with E-state index in [2.05, 4.69) is 20.6 Å². The average molecular weight is 554 g/mol. The van der Waals surface area contributed by atoms with Gasteiger partial charge in [0.1, 0.15) is 6.54 Å². The van der Waals surface area contributed by atoms with Gasteiger partial charge < -0.3 is 20.4 Å². The maximum Gasteiger partial charge on any atom is 0.244 e. The third-order valence-corrected chi connectivity index (χ3v) is 5.24. The van der Waals surface area contributed by atoms with E-state index in [0.29, 0.717) is 44.5 Å². The number of benzene rings is 1. The van der Waals surface area contributed by atoms with Gasteiger partial charge in [-0.25, -0.2) is 14.4 Å². The van der Waals surface area contributed by atoms with Crippen molar-refractivity contribution in [3.63, 3.8) is 0 Å². The number of carbonyl (C=O) groups excluding carboxylic acids is 1. The fraction of sp³-hybridized carbons (Fsp3) is 0.435. The van der Waals surface area contributed by atoms with Gasteiger partial charge in [-0.2, -0.15) is 0 Å². The first-order chi connectivity index (χ1) is 15.1. The first kappa shape index (κ1) is 25.8. The molecule has 1 amide bonds. The monoisotopic (exact) mass is 554 g/mol. The van der Waals surface area contributed by atoms with Crippen LogP contribution in [0.15, 0.2) is 53.7 Å². The molecule has 1 unspecified atom stereocenters. The highest BCUT2D eigenvalue weighted by Gasteiger charge is 2.26. The summed E-state index contributed by atoms with van der Waals surface area (Å²) in [4.78, 5) is 25.1. The zero-order valence-corrected chi connectivity index (χ0v) is 21.0. The average Bonchev–Trinajstić information content (AvgIpc) is 3.25. The molecule has 2 aromatic rings. The highest BCUT2D eigenvalue weighted by molar-refractivity contribution is 14.0. The smallest absolute Gasteiger partial charge is 0.244 e. The third kappa shape index (κ3) is 7.32. The second kappa shape index (κ2) is 13.2. The molecule has 2 N–H and O–H groups in total. The van der Waals surface area contributed by atoms with E-state index < -0.39 is 0 Å². The molecule has 174 valence electrons. The molecule has 3 rings (SSSR count). The summed E-state index contributed by atoms with van der Waals surface area (Å²) in [6.07, 6.45) is 2.44. The summed E-state index contributed by atoms with van der Waals surface area (Å²) in [5, 5.41) is 6.57. The number of carbonyl (C=O) groups is 1. The van der Waals surface area contributed by atoms with Crippen molar-refractivity contribution in [1.29, 1.82) is 0 Å². The maximum absolute atomic E-state index is 14.0. The van der Waals surface area contributed by atoms with Crippen LogP contribution < -0.4 is 15.5 Å². The Kier molecular flexibility index (Phi) is 10.6. The summed E-state index contributed by atoms with van der Waals surface area (Å²) in [6, 6.07) is 13.1. The lowest BCUT2D eigenvalue weighted by molar-refractivity contribution is -0.130. The van der Waals surface area contributed by atoms with Crippen LogP contribution >= 0.6 is 24.0 Å². The Hall–Kier alpha value is -2.43. The van der Waals surface area contributed by atoms with E-state index in [4.69, 9.17) is 0 Å². The van der Waals surface area contributed by atoms with Crippen LogP contribution in [0.3, 0.4) is 0 Å². The van der Waals surface area contributed by atoms with Crippen LogP contribution in [-0.2, 0) is 11.3 Å². The van der Waals surface area contributed by atoms with Crippen LogP contribution in [0.4, 0.5) is 10.2 Å². The molecule has 0 saturated carbocycles. The highest BCUT2D eigenvalue weighted by atomic mass is 127. The van der Waals surface area contributed by atoms with Gasteiger partial charge in [-0.05, 0) is 38.0 Å². The normalized spacial score (nSPS) is 15.8. The number of hydrogen-bond donors (Lipinski definition) is 2. The zero-order chi connectivity index (χ0) is 22.1. The van der Waals surface area contributed by atoms with Gasteiger partial charge in [0.2, 0.25) is 5.91 Å². The Balaban J connectivity index is 0.00000363. The number of aliphatic imine (C=N–C) groups is 1. The number of nitrogens with zero attached hydrogens (tertiary/aromatic N) is 4. The minimum Gasteiger partial charge on any atom is -0.357 e. The molecule has 1 atom stereocenters. The van der Waals surface area contributed by atoms with Crippen molar-refractivity contribution in [3.05, 3.63) is 60.0 Å². The summed E-state index contributed by atoms with van der Waals surface area (Å²) in [6.45, 7) is 7.25. The Labute approximate surface area is 206 Å². The van der Waals surface area contributed by atoms with Crippen LogP contribution in [0.1, 0.15) is 25.8 Å². The second-order valence-corrected chi connectivity index (χ2v) is 7.47. The Bertz CT molecular complexity index is 882. The molecule has 0 spiro atoms. The van der Waals surface area contributed by atoms with E-state index in [1.165, 1.54) is 6.07 Å². The fourth-order valence-electron chi connectivity index (χ4n) is 3.62. The van der Waals surface area contributed by atoms with E-state index in [9.17, 15) is 9.18 Å². The molecule has 0 aliphatic carbocycles. The third-order valence-electron chi connectivity index (χ3n) is 5.24. The van der Waals surface area contributed by atoms with Crippen molar-refractivity contribution in [2.75, 3.05) is 37.6 Å². The Morgan fingerprint density at radius 3 is 2.72 bits per heavy atom. The van der Waals surface area contributed by atoms with Gasteiger partial charge in [0.15, 0.2) is 17.6 Å². The van der Waals surface area contributed by atoms with Gasteiger partial charge in [-0.15, -0.1) is 24.0 Å². The standard InChI is InChI=1S/C23H31FN6O.HI/c1-3-25-23(27-15-21(31)29(4-2)16-18-9-6-5-7-10-18)28-19-12-14-30(17-19)22-20(24)11-8-13-26-22;/h5-11,13,19H,3-4,12,14-17H2,1-2H3,(H2,25,27,28);1H. The van der Waals surface area contributed by atoms with Gasteiger partial charge >= 0.3 is 0 Å². The predicted octanol–water partition coefficient (Wildman–Crippen LogP) is 3.02. The predicted molar refractivity (Wildman–Crippen MR) is 137 cm³/mol. The summed E-state index contributed by atoms with van der Waals surface area (Å²) >= 11 is 0. The van der Waals surface area contributed by atoms with Gasteiger partial charge in [0, 0.05) is 45.0 Å². The molecule has 1 saturated heterocycles. The van der Waals surface area contributed by atoms with Gasteiger partial charge in [-0.3, -0.25) is 4.79 Å². The van der Waals surface area contributed by atoms with Gasteiger partial charge in [0.25, 0.3) is 0 Å². The Morgan fingerprint density at radius 2 is 2.03 bits per heavy atom. The topological polar surface area (TPSA) is 72.9 Å². The molecule has 32 heavy (non-hydrogen) atoms. The highest BCUT2D eigenvalue weighted by Crippen LogP contribution is 2.20. The number of rotatable bonds is 8. The summed E-state index contributed by atoms with van der Waals surface area (Å²) < 4.78 is 14.0. The van der Waals surface area contributed by atoms with Crippen molar-refractivity contribution >= 4 is 41.7 Å². The van der Waals surface area contributed by atoms with Crippen molar-refractivity contribution in [2.45, 2.75) is 32.9 Å². The zero-order valence-electron chi connectivity index (χ0n) is 18.6. The summed E-state index contributed by atoms with van der Waals surface area (Å²) in [7, 11) is 0. The first-order valence-electron chi connectivity index (χ1n) is 10.8. The SMILES string of the molecule is CCNC(=NCC(=O)N(CC)Cc1ccccc1)NC1CCN(c2ncccc2F)C1.I. The lowest BCUT2D eigenvalue weighted by atomic mass is 10.2. The molecule has 1 fully saturated rings. The number of amides is 1. The number of anilines is 1. The molecule has 0 radical (unpaired) electrons. The minimum atomic E-state index is -0.313. The van der Waals surface area contributed by atoms with E-state index in [0.717, 1.165) is 12.0 Å². The van der Waals surface area contributed by atoms with Crippen molar-refractivity contribution in [2.24, 2.45) is 4.99 Å². The summed E-state index contributed by atoms with van der Waals surface area (Å²) in [5.74, 6) is 0.642. The van der Waals surface area contributed by atoms with Crippen LogP contribution in [0, 0.1) is 5.82 Å². The molecule has 2 heterocycles. The molecular weight excluding hydrogens is 522 g/mol. The minimum absolute atomic E-state index is 0. The van der Waals surface area contributed by atoms with E-state index in [-0.39, 0.29) is 48.3 Å². The molecule has 0 bridgehead atoms. The number of halogens is 2. The summed E-state index contributed by atoms with van der Waals surface area (Å²) in [5.41, 5.74) is 1.10. The van der Waals surface area contributed by atoms with E-state index in [1.807, 2.05) is 49.1 Å². The van der Waals surface area contributed by atoms with Crippen LogP contribution in [0.25, 0.3) is 0 Å². The van der Waals surface area contributed by atoms with Gasteiger partial charge in [-0.1, -0.05) is 30.3 Å². The quantitative estimate of drug-likeness (QED) is 0.298. The number of nitrogens with one attached hydrogen (secondary N) is 2. The maximum atomic E-state index is 14.0. The van der Waals surface area contributed by atoms with Crippen molar-refractivity contribution in [3.8, 4) is 0 Å². The fourth-order valence-corrected chi connectivity index (χ4v) is 3.62. The lowest BCUT2D eigenvalue weighted by Crippen LogP contribution is -2.45. The lowest BCUT2D eigenvalue weighted by Gasteiger charge is -2.21. The van der Waals surface area contributed by atoms with Crippen molar-refractivity contribution < 1.29 is 9.18 Å². The van der Waals surface area contributed by atoms with E-state index in [1.54, 1.807) is 17.2 Å².